The molecule has 0 fully saturated rings. The van der Waals surface area contributed by atoms with Crippen molar-refractivity contribution in [2.24, 2.45) is 0 Å². The van der Waals surface area contributed by atoms with Crippen LogP contribution in [-0.2, 0) is 0 Å². The summed E-state index contributed by atoms with van der Waals surface area (Å²) in [7, 11) is 0. The molecule has 0 saturated heterocycles. The Balaban J connectivity index is 2.17. The van der Waals surface area contributed by atoms with Gasteiger partial charge in [0.2, 0.25) is 0 Å². The number of aromatic nitrogens is 4. The monoisotopic (exact) mass is 300 g/mol. The molecule has 21 heavy (non-hydrogen) atoms. The smallest absolute Gasteiger partial charge is 0.189 e. The van der Waals surface area contributed by atoms with E-state index in [4.69, 9.17) is 23.1 Å². The third kappa shape index (κ3) is 2.41. The molecule has 0 aliphatic carbocycles. The molecule has 0 atom stereocenters. The predicted octanol–water partition coefficient (Wildman–Crippen LogP) is 2.46. The maximum Gasteiger partial charge on any atom is 0.189 e. The Labute approximate surface area is 126 Å². The number of anilines is 2. The van der Waals surface area contributed by atoms with E-state index < -0.39 is 0 Å². The average Bonchev–Trinajstić information content (AvgIpc) is 2.87. The number of nitrogens with zero attached hydrogens (tertiary/aromatic N) is 4. The number of hydrogen-bond acceptors (Lipinski definition) is 5. The molecule has 0 aliphatic heterocycles. The zero-order valence-corrected chi connectivity index (χ0v) is 12.0. The molecule has 7 heteroatoms. The number of benzene rings is 2. The van der Waals surface area contributed by atoms with Gasteiger partial charge in [0.05, 0.1) is 10.7 Å². The second-order valence-corrected chi connectivity index (χ2v) is 5.12. The molecule has 0 amide bonds. The summed E-state index contributed by atoms with van der Waals surface area (Å²) in [5.74, 6) is 0.512. The van der Waals surface area contributed by atoms with Crippen LogP contribution in [0.3, 0.4) is 0 Å². The Morgan fingerprint density at radius 1 is 1.10 bits per heavy atom. The van der Waals surface area contributed by atoms with Gasteiger partial charge in [0.1, 0.15) is 0 Å². The summed E-state index contributed by atoms with van der Waals surface area (Å²) in [6.45, 7) is 1.97. The third-order valence-corrected chi connectivity index (χ3v) is 3.42. The van der Waals surface area contributed by atoms with Crippen molar-refractivity contribution in [2.45, 2.75) is 6.92 Å². The van der Waals surface area contributed by atoms with Gasteiger partial charge in [-0.3, -0.25) is 0 Å². The van der Waals surface area contributed by atoms with Gasteiger partial charge in [0.15, 0.2) is 5.82 Å². The van der Waals surface area contributed by atoms with Crippen LogP contribution in [0, 0.1) is 6.92 Å². The van der Waals surface area contributed by atoms with E-state index in [9.17, 15) is 0 Å². The highest BCUT2D eigenvalue weighted by Crippen LogP contribution is 2.29. The lowest BCUT2D eigenvalue weighted by Gasteiger charge is -2.09. The molecule has 0 saturated carbocycles. The summed E-state index contributed by atoms with van der Waals surface area (Å²) in [5.41, 5.74) is 15.3. The molecular formula is C14H13ClN6. The Morgan fingerprint density at radius 3 is 2.62 bits per heavy atom. The van der Waals surface area contributed by atoms with Gasteiger partial charge in [0, 0.05) is 16.9 Å². The molecule has 0 radical (unpaired) electrons. The lowest BCUT2D eigenvalue weighted by molar-refractivity contribution is 0.791. The van der Waals surface area contributed by atoms with Crippen molar-refractivity contribution in [3.63, 3.8) is 0 Å². The number of nitrogens with two attached hydrogens (primary N) is 2. The summed E-state index contributed by atoms with van der Waals surface area (Å²) in [4.78, 5) is 0. The van der Waals surface area contributed by atoms with E-state index in [-0.39, 0.29) is 0 Å². The van der Waals surface area contributed by atoms with Gasteiger partial charge in [-0.05, 0) is 53.2 Å². The molecule has 0 aliphatic rings. The number of tetrazole rings is 1. The topological polar surface area (TPSA) is 95.6 Å². The molecule has 1 heterocycles. The van der Waals surface area contributed by atoms with Crippen LogP contribution in [0.1, 0.15) is 5.56 Å². The van der Waals surface area contributed by atoms with Crippen LogP contribution in [0.2, 0.25) is 5.02 Å². The highest BCUT2D eigenvalue weighted by Gasteiger charge is 2.15. The molecular weight excluding hydrogens is 288 g/mol. The summed E-state index contributed by atoms with van der Waals surface area (Å²) in [6, 6.07) is 10.9. The minimum atomic E-state index is 0.509. The average molecular weight is 301 g/mol. The first-order chi connectivity index (χ1) is 10.1. The lowest BCUT2D eigenvalue weighted by atomic mass is 10.1. The third-order valence-electron chi connectivity index (χ3n) is 3.12. The van der Waals surface area contributed by atoms with Gasteiger partial charge in [-0.15, -0.1) is 5.10 Å². The Morgan fingerprint density at radius 2 is 1.90 bits per heavy atom. The summed E-state index contributed by atoms with van der Waals surface area (Å²) in [6.07, 6.45) is 0. The van der Waals surface area contributed by atoms with Gasteiger partial charge in [0.25, 0.3) is 0 Å². The van der Waals surface area contributed by atoms with Crippen molar-refractivity contribution in [2.75, 3.05) is 11.5 Å². The highest BCUT2D eigenvalue weighted by molar-refractivity contribution is 6.32. The minimum Gasteiger partial charge on any atom is -0.399 e. The van der Waals surface area contributed by atoms with E-state index in [1.54, 1.807) is 22.9 Å². The van der Waals surface area contributed by atoms with Crippen LogP contribution in [0.4, 0.5) is 11.4 Å². The Kier molecular flexibility index (Phi) is 3.23. The molecule has 106 valence electrons. The quantitative estimate of drug-likeness (QED) is 0.709. The maximum absolute atomic E-state index is 6.28. The van der Waals surface area contributed by atoms with Crippen molar-refractivity contribution in [3.8, 4) is 17.1 Å². The van der Waals surface area contributed by atoms with E-state index in [2.05, 4.69) is 15.5 Å². The molecule has 1 aromatic heterocycles. The number of aryl methyl sites for hydroxylation is 1. The van der Waals surface area contributed by atoms with Gasteiger partial charge in [-0.25, -0.2) is 0 Å². The first kappa shape index (κ1) is 13.4. The van der Waals surface area contributed by atoms with Crippen LogP contribution in [0.25, 0.3) is 17.1 Å². The largest absolute Gasteiger partial charge is 0.399 e. The van der Waals surface area contributed by atoms with Crippen molar-refractivity contribution in [1.29, 1.82) is 0 Å². The van der Waals surface area contributed by atoms with Crippen molar-refractivity contribution >= 4 is 23.0 Å². The van der Waals surface area contributed by atoms with Crippen molar-refractivity contribution < 1.29 is 0 Å². The number of hydrogen-bond donors (Lipinski definition) is 2. The predicted molar refractivity (Wildman–Crippen MR) is 83.2 cm³/mol. The number of nitrogen functional groups attached to an aromatic ring is 2. The van der Waals surface area contributed by atoms with Crippen LogP contribution in [0.5, 0.6) is 0 Å². The fraction of sp³-hybridized carbons (Fsp3) is 0.0714. The van der Waals surface area contributed by atoms with Crippen molar-refractivity contribution in [3.05, 3.63) is 47.0 Å². The number of halogens is 1. The summed E-state index contributed by atoms with van der Waals surface area (Å²) < 4.78 is 1.56. The van der Waals surface area contributed by atoms with Crippen LogP contribution in [0.15, 0.2) is 36.4 Å². The lowest BCUT2D eigenvalue weighted by Crippen LogP contribution is -2.03. The zero-order valence-electron chi connectivity index (χ0n) is 11.3. The summed E-state index contributed by atoms with van der Waals surface area (Å²) >= 11 is 6.28. The SMILES string of the molecule is Cc1ccc(-n2nnnc2-c2ccc(N)cc2N)c(Cl)c1. The van der Waals surface area contributed by atoms with Crippen molar-refractivity contribution in [1.82, 2.24) is 20.2 Å². The molecule has 3 aromatic rings. The first-order valence-electron chi connectivity index (χ1n) is 6.26. The van der Waals surface area contributed by atoms with Gasteiger partial charge < -0.3 is 11.5 Å². The highest BCUT2D eigenvalue weighted by atomic mass is 35.5. The van der Waals surface area contributed by atoms with E-state index >= 15 is 0 Å². The van der Waals surface area contributed by atoms with Gasteiger partial charge in [-0.2, -0.15) is 4.68 Å². The second-order valence-electron chi connectivity index (χ2n) is 4.72. The Bertz CT molecular complexity index is 745. The van der Waals surface area contributed by atoms with E-state index in [0.29, 0.717) is 33.5 Å². The Hall–Kier alpha value is -2.60. The summed E-state index contributed by atoms with van der Waals surface area (Å²) in [5, 5.41) is 12.3. The fourth-order valence-corrected chi connectivity index (χ4v) is 2.40. The first-order valence-corrected chi connectivity index (χ1v) is 6.64. The van der Waals surface area contributed by atoms with E-state index in [1.807, 2.05) is 25.1 Å². The van der Waals surface area contributed by atoms with Crippen LogP contribution >= 0.6 is 11.6 Å². The molecule has 6 nitrogen and oxygen atoms in total. The maximum atomic E-state index is 6.28. The fourth-order valence-electron chi connectivity index (χ4n) is 2.09. The van der Waals surface area contributed by atoms with Gasteiger partial charge >= 0.3 is 0 Å². The molecule has 0 bridgehead atoms. The number of rotatable bonds is 2. The molecule has 3 rings (SSSR count). The standard InChI is InChI=1S/C14H13ClN6/c1-8-2-5-13(11(15)6-8)21-14(18-19-20-21)10-4-3-9(16)7-12(10)17/h2-7H,16-17H2,1H3. The van der Waals surface area contributed by atoms with E-state index in [1.165, 1.54) is 0 Å². The zero-order chi connectivity index (χ0) is 15.0. The second kappa shape index (κ2) is 5.06. The normalized spacial score (nSPS) is 10.8. The van der Waals surface area contributed by atoms with Crippen LogP contribution in [-0.4, -0.2) is 20.2 Å². The molecule has 2 aromatic carbocycles. The van der Waals surface area contributed by atoms with Gasteiger partial charge in [-0.1, -0.05) is 17.7 Å². The molecule has 0 spiro atoms. The van der Waals surface area contributed by atoms with E-state index in [0.717, 1.165) is 5.56 Å². The van der Waals surface area contributed by atoms with Crippen LogP contribution < -0.4 is 11.5 Å². The minimum absolute atomic E-state index is 0.509. The molecule has 4 N–H and O–H groups in total. The molecule has 0 unspecified atom stereocenters.